The topological polar surface area (TPSA) is 0 Å². The average Bonchev–Trinajstić information content (AvgIpc) is 2.43. The molecule has 2 rings (SSSR count). The van der Waals surface area contributed by atoms with Crippen LogP contribution in [0, 0.1) is 29.6 Å². The first-order valence-electron chi connectivity index (χ1n) is 9.70. The zero-order valence-electron chi connectivity index (χ0n) is 14.4. The highest BCUT2D eigenvalue weighted by atomic mass is 14.4. The Kier molecular flexibility index (Phi) is 6.91. The number of rotatable bonds is 7. The Hall–Kier alpha value is 0. The van der Waals surface area contributed by atoms with Crippen LogP contribution in [0.15, 0.2) is 0 Å². The molecule has 2 fully saturated rings. The molecule has 0 nitrogen and oxygen atoms in total. The maximum Gasteiger partial charge on any atom is -0.0380 e. The monoisotopic (exact) mass is 278 g/mol. The van der Waals surface area contributed by atoms with Gasteiger partial charge in [-0.1, -0.05) is 72.1 Å². The van der Waals surface area contributed by atoms with Gasteiger partial charge in [0, 0.05) is 0 Å². The van der Waals surface area contributed by atoms with E-state index < -0.39 is 0 Å². The van der Waals surface area contributed by atoms with E-state index in [-0.39, 0.29) is 0 Å². The Labute approximate surface area is 128 Å². The van der Waals surface area contributed by atoms with E-state index in [0.29, 0.717) is 0 Å². The second kappa shape index (κ2) is 8.44. The molecular formula is C20H38. The lowest BCUT2D eigenvalue weighted by molar-refractivity contribution is 0.0617. The summed E-state index contributed by atoms with van der Waals surface area (Å²) in [6.07, 6.45) is 18.0. The summed E-state index contributed by atoms with van der Waals surface area (Å²) in [6, 6.07) is 0. The van der Waals surface area contributed by atoms with Crippen LogP contribution < -0.4 is 0 Å². The average molecular weight is 279 g/mol. The van der Waals surface area contributed by atoms with Gasteiger partial charge in [-0.25, -0.2) is 0 Å². The first kappa shape index (κ1) is 16.4. The molecule has 0 aromatic rings. The van der Waals surface area contributed by atoms with Crippen LogP contribution in [0.25, 0.3) is 0 Å². The predicted molar refractivity (Wildman–Crippen MR) is 89.9 cm³/mol. The van der Waals surface area contributed by atoms with Crippen molar-refractivity contribution in [3.63, 3.8) is 0 Å². The zero-order valence-corrected chi connectivity index (χ0v) is 14.4. The van der Waals surface area contributed by atoms with Gasteiger partial charge in [0.15, 0.2) is 0 Å². The molecule has 0 bridgehead atoms. The summed E-state index contributed by atoms with van der Waals surface area (Å²) in [4.78, 5) is 0. The van der Waals surface area contributed by atoms with Crippen LogP contribution in [-0.2, 0) is 0 Å². The molecule has 2 aliphatic rings. The second-order valence-electron chi connectivity index (χ2n) is 8.20. The van der Waals surface area contributed by atoms with Gasteiger partial charge in [-0.15, -0.1) is 0 Å². The fraction of sp³-hybridized carbons (Fsp3) is 1.00. The van der Waals surface area contributed by atoms with E-state index >= 15 is 0 Å². The van der Waals surface area contributed by atoms with Crippen molar-refractivity contribution < 1.29 is 0 Å². The molecule has 0 saturated heterocycles. The van der Waals surface area contributed by atoms with Gasteiger partial charge in [-0.3, -0.25) is 0 Å². The minimum atomic E-state index is 1.01. The zero-order chi connectivity index (χ0) is 14.4. The van der Waals surface area contributed by atoms with Crippen LogP contribution in [0.5, 0.6) is 0 Å². The fourth-order valence-electron chi connectivity index (χ4n) is 5.04. The third kappa shape index (κ3) is 4.78. The van der Waals surface area contributed by atoms with Gasteiger partial charge < -0.3 is 0 Å². The molecule has 0 radical (unpaired) electrons. The molecule has 0 heterocycles. The quantitative estimate of drug-likeness (QED) is 0.447. The summed E-state index contributed by atoms with van der Waals surface area (Å²) in [7, 11) is 0. The van der Waals surface area contributed by atoms with Crippen molar-refractivity contribution in [1.29, 1.82) is 0 Å². The molecule has 5 atom stereocenters. The van der Waals surface area contributed by atoms with Gasteiger partial charge >= 0.3 is 0 Å². The van der Waals surface area contributed by atoms with Crippen LogP contribution in [0.1, 0.15) is 97.8 Å². The molecular weight excluding hydrogens is 240 g/mol. The molecule has 118 valence electrons. The molecule has 0 N–H and O–H groups in total. The van der Waals surface area contributed by atoms with Crippen molar-refractivity contribution in [3.05, 3.63) is 0 Å². The molecule has 20 heavy (non-hydrogen) atoms. The van der Waals surface area contributed by atoms with Gasteiger partial charge in [-0.2, -0.15) is 0 Å². The highest BCUT2D eigenvalue weighted by molar-refractivity contribution is 4.87. The number of hydrogen-bond donors (Lipinski definition) is 0. The van der Waals surface area contributed by atoms with Gasteiger partial charge in [-0.05, 0) is 55.3 Å². The second-order valence-corrected chi connectivity index (χ2v) is 8.20. The summed E-state index contributed by atoms with van der Waals surface area (Å²) in [5, 5.41) is 0. The van der Waals surface area contributed by atoms with Crippen LogP contribution in [0.4, 0.5) is 0 Å². The summed E-state index contributed by atoms with van der Waals surface area (Å²) in [6.45, 7) is 7.35. The van der Waals surface area contributed by atoms with Crippen LogP contribution >= 0.6 is 0 Å². The molecule has 0 heteroatoms. The van der Waals surface area contributed by atoms with E-state index in [2.05, 4.69) is 20.8 Å². The minimum Gasteiger partial charge on any atom is -0.0654 e. The lowest BCUT2D eigenvalue weighted by atomic mass is 9.61. The Morgan fingerprint density at radius 3 is 2.30 bits per heavy atom. The minimum absolute atomic E-state index is 1.01. The van der Waals surface area contributed by atoms with E-state index in [0.717, 1.165) is 29.6 Å². The van der Waals surface area contributed by atoms with E-state index in [1.165, 1.54) is 51.4 Å². The molecule has 0 amide bonds. The van der Waals surface area contributed by atoms with Gasteiger partial charge in [0.1, 0.15) is 0 Å². The molecule has 5 unspecified atom stereocenters. The van der Waals surface area contributed by atoms with Crippen LogP contribution in [-0.4, -0.2) is 0 Å². The summed E-state index contributed by atoms with van der Waals surface area (Å²) >= 11 is 0. The van der Waals surface area contributed by atoms with E-state index in [1.54, 1.807) is 25.7 Å². The maximum atomic E-state index is 2.55. The maximum absolute atomic E-state index is 2.55. The Bertz CT molecular complexity index is 257. The molecule has 0 spiro atoms. The Morgan fingerprint density at radius 2 is 1.50 bits per heavy atom. The van der Waals surface area contributed by atoms with Crippen molar-refractivity contribution in [1.82, 2.24) is 0 Å². The van der Waals surface area contributed by atoms with Crippen molar-refractivity contribution in [2.75, 3.05) is 0 Å². The fourth-order valence-corrected chi connectivity index (χ4v) is 5.04. The first-order valence-corrected chi connectivity index (χ1v) is 9.70. The third-order valence-electron chi connectivity index (χ3n) is 6.42. The number of fused-ring (bicyclic) bond motifs is 1. The van der Waals surface area contributed by atoms with Gasteiger partial charge in [0.2, 0.25) is 0 Å². The summed E-state index contributed by atoms with van der Waals surface area (Å²) < 4.78 is 0. The largest absolute Gasteiger partial charge is 0.0654 e. The highest BCUT2D eigenvalue weighted by Gasteiger charge is 2.37. The summed E-state index contributed by atoms with van der Waals surface area (Å²) in [5.74, 6) is 5.29. The van der Waals surface area contributed by atoms with Crippen molar-refractivity contribution >= 4 is 0 Å². The molecule has 0 aromatic carbocycles. The lowest BCUT2D eigenvalue weighted by Gasteiger charge is -2.44. The number of unbranched alkanes of at least 4 members (excludes halogenated alkanes) is 5. The molecule has 2 aliphatic carbocycles. The van der Waals surface area contributed by atoms with Gasteiger partial charge in [0.25, 0.3) is 0 Å². The smallest absolute Gasteiger partial charge is 0.0380 e. The van der Waals surface area contributed by atoms with Crippen LogP contribution in [0.2, 0.25) is 0 Å². The predicted octanol–water partition coefficient (Wildman–Crippen LogP) is 6.84. The Balaban J connectivity index is 1.66. The van der Waals surface area contributed by atoms with Crippen molar-refractivity contribution in [3.8, 4) is 0 Å². The lowest BCUT2D eigenvalue weighted by Crippen LogP contribution is -2.34. The Morgan fingerprint density at radius 1 is 0.750 bits per heavy atom. The third-order valence-corrected chi connectivity index (χ3v) is 6.42. The normalized spacial score (nSPS) is 37.6. The molecule has 0 aliphatic heterocycles. The number of hydrogen-bond acceptors (Lipinski definition) is 0. The highest BCUT2D eigenvalue weighted by Crippen LogP contribution is 2.47. The SMILES string of the molecule is CCCCCCCCC1CC2CC(C)CCC2CC1C. The van der Waals surface area contributed by atoms with Crippen molar-refractivity contribution in [2.45, 2.75) is 97.8 Å². The summed E-state index contributed by atoms with van der Waals surface area (Å²) in [5.41, 5.74) is 0. The molecule has 2 saturated carbocycles. The van der Waals surface area contributed by atoms with Crippen LogP contribution in [0.3, 0.4) is 0 Å². The van der Waals surface area contributed by atoms with E-state index in [1.807, 2.05) is 0 Å². The van der Waals surface area contributed by atoms with E-state index in [4.69, 9.17) is 0 Å². The standard InChI is InChI=1S/C20H38/c1-4-5-6-7-8-9-10-18-15-20-13-16(2)11-12-19(20)14-17(18)3/h16-20H,4-15H2,1-3H3. The first-order chi connectivity index (χ1) is 9.70. The van der Waals surface area contributed by atoms with Crippen molar-refractivity contribution in [2.24, 2.45) is 29.6 Å². The van der Waals surface area contributed by atoms with E-state index in [9.17, 15) is 0 Å². The van der Waals surface area contributed by atoms with Gasteiger partial charge in [0.05, 0.1) is 0 Å². The molecule has 0 aromatic heterocycles.